The van der Waals surface area contributed by atoms with Gasteiger partial charge in [0, 0.05) is 0 Å². The molecule has 0 heterocycles. The number of hydrogen-bond acceptors (Lipinski definition) is 2. The Balaban J connectivity index is 2.32. The molecule has 1 aromatic carbocycles. The van der Waals surface area contributed by atoms with Gasteiger partial charge in [-0.1, -0.05) is 62.8 Å². The van der Waals surface area contributed by atoms with Crippen LogP contribution in [0.15, 0.2) is 18.2 Å². The first kappa shape index (κ1) is 16.3. The molecular weight excluding hydrogens is 258 g/mol. The van der Waals surface area contributed by atoms with Crippen molar-refractivity contribution in [2.45, 2.75) is 51.9 Å². The first-order valence-electron chi connectivity index (χ1n) is 7.39. The van der Waals surface area contributed by atoms with Gasteiger partial charge in [0.15, 0.2) is 0 Å². The Labute approximate surface area is 122 Å². The molecule has 0 unspecified atom stereocenters. The SMILES string of the molecule is CCCCCCCCOc1c(Cl)cccc1CCN. The second-order valence-corrected chi connectivity index (χ2v) is 5.29. The predicted octanol–water partition coefficient (Wildman–Crippen LogP) is 4.58. The average Bonchev–Trinajstić information content (AvgIpc) is 2.41. The second-order valence-electron chi connectivity index (χ2n) is 4.88. The smallest absolute Gasteiger partial charge is 0.141 e. The summed E-state index contributed by atoms with van der Waals surface area (Å²) in [5, 5.41) is 0.692. The average molecular weight is 284 g/mol. The van der Waals surface area contributed by atoms with Gasteiger partial charge in [-0.15, -0.1) is 0 Å². The number of benzene rings is 1. The van der Waals surface area contributed by atoms with Gasteiger partial charge in [-0.3, -0.25) is 0 Å². The molecule has 2 N–H and O–H groups in total. The summed E-state index contributed by atoms with van der Waals surface area (Å²) in [7, 11) is 0. The molecule has 0 aliphatic heterocycles. The summed E-state index contributed by atoms with van der Waals surface area (Å²) in [4.78, 5) is 0. The zero-order valence-corrected chi connectivity index (χ0v) is 12.7. The van der Waals surface area contributed by atoms with Crippen LogP contribution in [0.4, 0.5) is 0 Å². The molecule has 0 aliphatic rings. The standard InChI is InChI=1S/C16H26ClNO/c1-2-3-4-5-6-7-13-19-16-14(11-12-18)9-8-10-15(16)17/h8-10H,2-7,11-13,18H2,1H3. The lowest BCUT2D eigenvalue weighted by Gasteiger charge is -2.12. The summed E-state index contributed by atoms with van der Waals surface area (Å²) >= 11 is 6.18. The highest BCUT2D eigenvalue weighted by atomic mass is 35.5. The van der Waals surface area contributed by atoms with Crippen molar-refractivity contribution in [1.82, 2.24) is 0 Å². The summed E-state index contributed by atoms with van der Waals surface area (Å²) in [6.07, 6.45) is 8.40. The monoisotopic (exact) mass is 283 g/mol. The van der Waals surface area contributed by atoms with Crippen LogP contribution in [0.5, 0.6) is 5.75 Å². The van der Waals surface area contributed by atoms with Crippen LogP contribution in [-0.2, 0) is 6.42 Å². The molecule has 19 heavy (non-hydrogen) atoms. The lowest BCUT2D eigenvalue weighted by Crippen LogP contribution is -2.06. The van der Waals surface area contributed by atoms with Crippen LogP contribution in [0.2, 0.25) is 5.02 Å². The van der Waals surface area contributed by atoms with Crippen LogP contribution < -0.4 is 10.5 Å². The zero-order valence-electron chi connectivity index (χ0n) is 12.0. The maximum atomic E-state index is 6.18. The third-order valence-corrected chi connectivity index (χ3v) is 3.50. The number of nitrogens with two attached hydrogens (primary N) is 1. The van der Waals surface area contributed by atoms with Crippen molar-refractivity contribution in [3.8, 4) is 5.75 Å². The van der Waals surface area contributed by atoms with E-state index in [1.54, 1.807) is 0 Å². The topological polar surface area (TPSA) is 35.2 Å². The molecule has 0 amide bonds. The fraction of sp³-hybridized carbons (Fsp3) is 0.625. The van der Waals surface area contributed by atoms with Crippen molar-refractivity contribution in [2.24, 2.45) is 5.73 Å². The Kier molecular flexibility index (Phi) is 8.68. The maximum absolute atomic E-state index is 6.18. The number of rotatable bonds is 10. The van der Waals surface area contributed by atoms with Crippen molar-refractivity contribution in [3.63, 3.8) is 0 Å². The van der Waals surface area contributed by atoms with E-state index < -0.39 is 0 Å². The molecule has 0 radical (unpaired) electrons. The summed E-state index contributed by atoms with van der Waals surface area (Å²) < 4.78 is 5.84. The number of unbranched alkanes of at least 4 members (excludes halogenated alkanes) is 5. The Morgan fingerprint density at radius 2 is 1.84 bits per heavy atom. The van der Waals surface area contributed by atoms with E-state index in [0.29, 0.717) is 11.6 Å². The molecule has 0 aliphatic carbocycles. The summed E-state index contributed by atoms with van der Waals surface area (Å²) in [6.45, 7) is 3.60. The molecule has 0 aromatic heterocycles. The van der Waals surface area contributed by atoms with Crippen molar-refractivity contribution < 1.29 is 4.74 Å². The first-order chi connectivity index (χ1) is 9.29. The Morgan fingerprint density at radius 3 is 2.58 bits per heavy atom. The van der Waals surface area contributed by atoms with Crippen LogP contribution in [-0.4, -0.2) is 13.2 Å². The number of halogens is 1. The molecule has 0 bridgehead atoms. The fourth-order valence-electron chi connectivity index (χ4n) is 2.12. The largest absolute Gasteiger partial charge is 0.492 e. The van der Waals surface area contributed by atoms with E-state index in [1.807, 2.05) is 18.2 Å². The summed E-state index contributed by atoms with van der Waals surface area (Å²) in [5.41, 5.74) is 6.72. The molecule has 0 spiro atoms. The van der Waals surface area contributed by atoms with Crippen LogP contribution in [0.25, 0.3) is 0 Å². The first-order valence-corrected chi connectivity index (χ1v) is 7.77. The van der Waals surface area contributed by atoms with Gasteiger partial charge in [-0.2, -0.15) is 0 Å². The van der Waals surface area contributed by atoms with E-state index in [1.165, 1.54) is 32.1 Å². The van der Waals surface area contributed by atoms with E-state index in [9.17, 15) is 0 Å². The van der Waals surface area contributed by atoms with E-state index in [4.69, 9.17) is 22.1 Å². The normalized spacial score (nSPS) is 10.7. The Hall–Kier alpha value is -0.730. The van der Waals surface area contributed by atoms with E-state index in [2.05, 4.69) is 6.92 Å². The zero-order chi connectivity index (χ0) is 13.9. The van der Waals surface area contributed by atoms with Crippen molar-refractivity contribution >= 4 is 11.6 Å². The number of ether oxygens (including phenoxy) is 1. The fourth-order valence-corrected chi connectivity index (χ4v) is 2.37. The molecule has 0 fully saturated rings. The Morgan fingerprint density at radius 1 is 1.11 bits per heavy atom. The minimum absolute atomic E-state index is 0.619. The van der Waals surface area contributed by atoms with Gasteiger partial charge in [0.05, 0.1) is 11.6 Å². The van der Waals surface area contributed by atoms with Gasteiger partial charge in [0.2, 0.25) is 0 Å². The molecule has 108 valence electrons. The molecule has 0 saturated carbocycles. The third-order valence-electron chi connectivity index (χ3n) is 3.21. The molecule has 0 atom stereocenters. The molecule has 2 nitrogen and oxygen atoms in total. The summed E-state index contributed by atoms with van der Waals surface area (Å²) in [6, 6.07) is 5.86. The van der Waals surface area contributed by atoms with Gasteiger partial charge in [0.25, 0.3) is 0 Å². The van der Waals surface area contributed by atoms with Crippen LogP contribution in [0, 0.1) is 0 Å². The number of para-hydroxylation sites is 1. The molecule has 1 aromatic rings. The minimum atomic E-state index is 0.619. The van der Waals surface area contributed by atoms with Gasteiger partial charge >= 0.3 is 0 Å². The van der Waals surface area contributed by atoms with E-state index in [-0.39, 0.29) is 0 Å². The highest BCUT2D eigenvalue weighted by Gasteiger charge is 2.07. The predicted molar refractivity (Wildman–Crippen MR) is 83.1 cm³/mol. The minimum Gasteiger partial charge on any atom is -0.492 e. The molecular formula is C16H26ClNO. The van der Waals surface area contributed by atoms with Gasteiger partial charge in [0.1, 0.15) is 5.75 Å². The molecule has 3 heteroatoms. The van der Waals surface area contributed by atoms with Crippen molar-refractivity contribution in [2.75, 3.05) is 13.2 Å². The lowest BCUT2D eigenvalue weighted by atomic mass is 10.1. The van der Waals surface area contributed by atoms with E-state index in [0.717, 1.165) is 30.8 Å². The summed E-state index contributed by atoms with van der Waals surface area (Å²) in [5.74, 6) is 0.822. The quantitative estimate of drug-likeness (QED) is 0.638. The number of hydrogen-bond donors (Lipinski definition) is 1. The third kappa shape index (κ3) is 6.31. The van der Waals surface area contributed by atoms with Crippen LogP contribution >= 0.6 is 11.6 Å². The second kappa shape index (κ2) is 10.1. The van der Waals surface area contributed by atoms with Crippen molar-refractivity contribution in [1.29, 1.82) is 0 Å². The highest BCUT2D eigenvalue weighted by Crippen LogP contribution is 2.29. The van der Waals surface area contributed by atoms with Crippen LogP contribution in [0.3, 0.4) is 0 Å². The van der Waals surface area contributed by atoms with Crippen molar-refractivity contribution in [3.05, 3.63) is 28.8 Å². The lowest BCUT2D eigenvalue weighted by molar-refractivity contribution is 0.301. The highest BCUT2D eigenvalue weighted by molar-refractivity contribution is 6.32. The van der Waals surface area contributed by atoms with Gasteiger partial charge in [-0.05, 0) is 31.0 Å². The maximum Gasteiger partial charge on any atom is 0.141 e. The molecule has 0 saturated heterocycles. The molecule has 1 rings (SSSR count). The van der Waals surface area contributed by atoms with Gasteiger partial charge < -0.3 is 10.5 Å². The van der Waals surface area contributed by atoms with Crippen LogP contribution in [0.1, 0.15) is 51.0 Å². The van der Waals surface area contributed by atoms with Gasteiger partial charge in [-0.25, -0.2) is 0 Å². The van der Waals surface area contributed by atoms with E-state index >= 15 is 0 Å². The Bertz CT molecular complexity index is 355.